The van der Waals surface area contributed by atoms with Gasteiger partial charge in [-0.2, -0.15) is 0 Å². The van der Waals surface area contributed by atoms with Gasteiger partial charge in [0.1, 0.15) is 0 Å². The van der Waals surface area contributed by atoms with Crippen molar-refractivity contribution in [1.29, 1.82) is 0 Å². The normalized spacial score (nSPS) is 8.11. The molecule has 0 fully saturated rings. The first-order chi connectivity index (χ1) is 4.31. The van der Waals surface area contributed by atoms with E-state index >= 15 is 0 Å². The Morgan fingerprint density at radius 2 is 2.22 bits per heavy atom. The van der Waals surface area contributed by atoms with Crippen LogP contribution in [0.3, 0.4) is 0 Å². The van der Waals surface area contributed by atoms with E-state index in [0.717, 1.165) is 5.57 Å². The molecule has 9 heavy (non-hydrogen) atoms. The van der Waals surface area contributed by atoms with Gasteiger partial charge in [-0.1, -0.05) is 31.2 Å². The zero-order valence-corrected chi connectivity index (χ0v) is 6.61. The van der Waals surface area contributed by atoms with Crippen LogP contribution in [0.1, 0.15) is 0 Å². The van der Waals surface area contributed by atoms with Gasteiger partial charge in [0.2, 0.25) is 0 Å². The van der Waals surface area contributed by atoms with Gasteiger partial charge in [0.15, 0.2) is 0 Å². The van der Waals surface area contributed by atoms with Crippen LogP contribution in [-0.2, 0) is 0 Å². The van der Waals surface area contributed by atoms with Crippen LogP contribution >= 0.6 is 15.9 Å². The zero-order valence-electron chi connectivity index (χ0n) is 5.02. The van der Waals surface area contributed by atoms with Crippen LogP contribution in [0, 0.1) is 10.8 Å². The van der Waals surface area contributed by atoms with Crippen LogP contribution in [-0.4, -0.2) is 0 Å². The van der Waals surface area contributed by atoms with E-state index in [9.17, 15) is 0 Å². The van der Waals surface area contributed by atoms with Crippen LogP contribution in [0.2, 0.25) is 0 Å². The molecule has 0 aliphatic rings. The van der Waals surface area contributed by atoms with Crippen molar-refractivity contribution in [3.8, 4) is 10.8 Å². The van der Waals surface area contributed by atoms with Crippen LogP contribution in [0.25, 0.3) is 0 Å². The maximum atomic E-state index is 3.64. The molecule has 0 heterocycles. The van der Waals surface area contributed by atoms with Gasteiger partial charge in [-0.05, 0) is 10.9 Å². The number of rotatable bonds is 2. The average Bonchev–Trinajstić information content (AvgIpc) is 1.85. The van der Waals surface area contributed by atoms with Gasteiger partial charge < -0.3 is 0 Å². The lowest BCUT2D eigenvalue weighted by Crippen LogP contribution is -1.62. The SMILES string of the molecule is C=C/C=C\C(=C)C#CBr. The van der Waals surface area contributed by atoms with Crippen molar-refractivity contribution in [1.82, 2.24) is 0 Å². The van der Waals surface area contributed by atoms with Gasteiger partial charge in [-0.3, -0.25) is 0 Å². The van der Waals surface area contributed by atoms with Gasteiger partial charge in [-0.15, -0.1) is 0 Å². The summed E-state index contributed by atoms with van der Waals surface area (Å²) in [5.74, 6) is 2.72. The highest BCUT2D eigenvalue weighted by molar-refractivity contribution is 9.12. The van der Waals surface area contributed by atoms with Crippen molar-refractivity contribution in [2.45, 2.75) is 0 Å². The van der Waals surface area contributed by atoms with Crippen molar-refractivity contribution < 1.29 is 0 Å². The fourth-order valence-electron chi connectivity index (χ4n) is 0.287. The van der Waals surface area contributed by atoms with Crippen LogP contribution in [0.5, 0.6) is 0 Å². The molecule has 0 aromatic heterocycles. The van der Waals surface area contributed by atoms with Gasteiger partial charge in [0.05, 0.1) is 0 Å². The summed E-state index contributed by atoms with van der Waals surface area (Å²) in [6, 6.07) is 0. The van der Waals surface area contributed by atoms with E-state index in [2.05, 4.69) is 39.8 Å². The first-order valence-corrected chi connectivity index (χ1v) is 3.20. The quantitative estimate of drug-likeness (QED) is 0.456. The van der Waals surface area contributed by atoms with Gasteiger partial charge in [0.25, 0.3) is 0 Å². The Balaban J connectivity index is 3.86. The Bertz CT molecular complexity index is 188. The fourth-order valence-corrected chi connectivity index (χ4v) is 0.541. The third-order valence-corrected chi connectivity index (χ3v) is 0.840. The predicted octanol–water partition coefficient (Wildman–Crippen LogP) is 2.64. The molecular formula is C8H7Br. The van der Waals surface area contributed by atoms with Gasteiger partial charge >= 0.3 is 0 Å². The standard InChI is InChI=1S/C8H7Br/c1-3-4-5-8(2)6-7-9/h3-5H,1-2H2/b5-4-. The van der Waals surface area contributed by atoms with Gasteiger partial charge in [0, 0.05) is 21.5 Å². The fraction of sp³-hybridized carbons (Fsp3) is 0. The van der Waals surface area contributed by atoms with Crippen molar-refractivity contribution in [2.24, 2.45) is 0 Å². The molecule has 0 rings (SSSR count). The summed E-state index contributed by atoms with van der Waals surface area (Å²) in [4.78, 5) is 2.55. The van der Waals surface area contributed by atoms with E-state index in [1.54, 1.807) is 18.2 Å². The van der Waals surface area contributed by atoms with Crippen molar-refractivity contribution >= 4 is 15.9 Å². The highest BCUT2D eigenvalue weighted by atomic mass is 79.9. The molecule has 0 bridgehead atoms. The Morgan fingerprint density at radius 3 is 2.67 bits per heavy atom. The third kappa shape index (κ3) is 5.13. The molecule has 0 saturated heterocycles. The molecule has 0 unspecified atom stereocenters. The maximum absolute atomic E-state index is 3.64. The lowest BCUT2D eigenvalue weighted by Gasteiger charge is -1.78. The average molecular weight is 183 g/mol. The molecule has 0 aromatic rings. The predicted molar refractivity (Wildman–Crippen MR) is 45.2 cm³/mol. The van der Waals surface area contributed by atoms with Crippen LogP contribution in [0.4, 0.5) is 0 Å². The summed E-state index contributed by atoms with van der Waals surface area (Å²) >= 11 is 2.96. The highest BCUT2D eigenvalue weighted by Crippen LogP contribution is 1.90. The number of halogens is 1. The Labute approximate surface area is 64.1 Å². The summed E-state index contributed by atoms with van der Waals surface area (Å²) in [7, 11) is 0. The molecule has 0 nitrogen and oxygen atoms in total. The molecule has 0 aromatic carbocycles. The first kappa shape index (κ1) is 8.26. The summed E-state index contributed by atoms with van der Waals surface area (Å²) in [6.07, 6.45) is 5.27. The molecule has 0 amide bonds. The molecule has 0 aliphatic heterocycles. The van der Waals surface area contributed by atoms with Crippen molar-refractivity contribution in [2.75, 3.05) is 0 Å². The number of hydrogen-bond acceptors (Lipinski definition) is 0. The van der Waals surface area contributed by atoms with E-state index in [4.69, 9.17) is 0 Å². The van der Waals surface area contributed by atoms with Crippen molar-refractivity contribution in [3.05, 3.63) is 37.0 Å². The summed E-state index contributed by atoms with van der Waals surface area (Å²) in [5, 5.41) is 0. The van der Waals surface area contributed by atoms with E-state index in [1.165, 1.54) is 0 Å². The molecule has 46 valence electrons. The van der Waals surface area contributed by atoms with Crippen LogP contribution < -0.4 is 0 Å². The maximum Gasteiger partial charge on any atom is 0.0182 e. The van der Waals surface area contributed by atoms with E-state index < -0.39 is 0 Å². The largest absolute Gasteiger partial charge is 0.0991 e. The molecule has 0 spiro atoms. The van der Waals surface area contributed by atoms with E-state index in [-0.39, 0.29) is 0 Å². The second-order valence-corrected chi connectivity index (χ2v) is 1.74. The van der Waals surface area contributed by atoms with E-state index in [0.29, 0.717) is 0 Å². The summed E-state index contributed by atoms with van der Waals surface area (Å²) in [5.41, 5.74) is 0.770. The molecular weight excluding hydrogens is 176 g/mol. The first-order valence-electron chi connectivity index (χ1n) is 2.41. The second kappa shape index (κ2) is 5.40. The zero-order chi connectivity index (χ0) is 7.11. The monoisotopic (exact) mass is 182 g/mol. The molecule has 0 aliphatic carbocycles. The lowest BCUT2D eigenvalue weighted by molar-refractivity contribution is 1.83. The lowest BCUT2D eigenvalue weighted by atomic mass is 10.3. The molecule has 0 radical (unpaired) electrons. The smallest absolute Gasteiger partial charge is 0.0182 e. The minimum Gasteiger partial charge on any atom is -0.0991 e. The van der Waals surface area contributed by atoms with Crippen LogP contribution in [0.15, 0.2) is 37.0 Å². The van der Waals surface area contributed by atoms with E-state index in [1.807, 2.05) is 0 Å². The Hall–Kier alpha value is -0.740. The molecule has 0 saturated carbocycles. The Morgan fingerprint density at radius 1 is 1.56 bits per heavy atom. The topological polar surface area (TPSA) is 0 Å². The summed E-state index contributed by atoms with van der Waals surface area (Å²) < 4.78 is 0. The van der Waals surface area contributed by atoms with Crippen molar-refractivity contribution in [3.63, 3.8) is 0 Å². The molecule has 0 atom stereocenters. The molecule has 1 heteroatoms. The number of allylic oxidation sites excluding steroid dienone is 4. The Kier molecular flexibility index (Phi) is 4.95. The molecule has 0 N–H and O–H groups in total. The minimum absolute atomic E-state index is 0.770. The number of hydrogen-bond donors (Lipinski definition) is 0. The highest BCUT2D eigenvalue weighted by Gasteiger charge is 1.73. The second-order valence-electron chi connectivity index (χ2n) is 1.34. The third-order valence-electron chi connectivity index (χ3n) is 0.641. The van der Waals surface area contributed by atoms with Gasteiger partial charge in [-0.25, -0.2) is 0 Å². The minimum atomic E-state index is 0.770. The summed E-state index contributed by atoms with van der Waals surface area (Å²) in [6.45, 7) is 7.15.